The first kappa shape index (κ1) is 12.8. The monoisotopic (exact) mass is 243 g/mol. The number of nitrogens with two attached hydrogens (primary N) is 1. The van der Waals surface area contributed by atoms with Crippen molar-refractivity contribution in [2.75, 3.05) is 23.7 Å². The summed E-state index contributed by atoms with van der Waals surface area (Å²) in [6, 6.07) is 8.26. The first-order valence-electron chi connectivity index (χ1n) is 6.71. The minimum absolute atomic E-state index is 0.393. The van der Waals surface area contributed by atoms with Gasteiger partial charge in [0.05, 0.1) is 12.5 Å². The van der Waals surface area contributed by atoms with Gasteiger partial charge in [-0.25, -0.2) is 0 Å². The Kier molecular flexibility index (Phi) is 4.09. The maximum atomic E-state index is 8.81. The Morgan fingerprint density at radius 1 is 1.39 bits per heavy atom. The third kappa shape index (κ3) is 2.95. The van der Waals surface area contributed by atoms with Crippen molar-refractivity contribution >= 4 is 11.4 Å². The van der Waals surface area contributed by atoms with Crippen LogP contribution >= 0.6 is 0 Å². The smallest absolute Gasteiger partial charge is 0.0670 e. The van der Waals surface area contributed by atoms with E-state index in [2.05, 4.69) is 30.0 Å². The summed E-state index contributed by atoms with van der Waals surface area (Å²) in [6.07, 6.45) is 4.21. The molecule has 1 aromatic carbocycles. The van der Waals surface area contributed by atoms with Crippen molar-refractivity contribution < 1.29 is 0 Å². The molecular weight excluding hydrogens is 222 g/mol. The summed E-state index contributed by atoms with van der Waals surface area (Å²) in [4.78, 5) is 2.42. The van der Waals surface area contributed by atoms with Crippen molar-refractivity contribution in [2.45, 2.75) is 32.6 Å². The molecule has 0 radical (unpaired) electrons. The van der Waals surface area contributed by atoms with Gasteiger partial charge in [-0.1, -0.05) is 6.92 Å². The van der Waals surface area contributed by atoms with Gasteiger partial charge in [-0.2, -0.15) is 5.26 Å². The van der Waals surface area contributed by atoms with Crippen LogP contribution in [0.5, 0.6) is 0 Å². The van der Waals surface area contributed by atoms with E-state index in [1.807, 2.05) is 6.07 Å². The van der Waals surface area contributed by atoms with Gasteiger partial charge in [0.25, 0.3) is 0 Å². The lowest BCUT2D eigenvalue weighted by Crippen LogP contribution is -2.24. The standard InChI is InChI=1S/C15H21N3/c1-12-3-2-9-18(10-7-12)14-4-5-15(17)13(11-14)6-8-16/h4-5,11-12H,2-3,6-7,9-10,17H2,1H3. The van der Waals surface area contributed by atoms with Crippen LogP contribution in [0, 0.1) is 17.2 Å². The molecule has 1 aliphatic rings. The first-order chi connectivity index (χ1) is 8.70. The van der Waals surface area contributed by atoms with Crippen LogP contribution in [0.4, 0.5) is 11.4 Å². The second-order valence-corrected chi connectivity index (χ2v) is 5.24. The predicted molar refractivity (Wildman–Crippen MR) is 75.4 cm³/mol. The number of nitrogens with zero attached hydrogens (tertiary/aromatic N) is 2. The highest BCUT2D eigenvalue weighted by atomic mass is 15.1. The van der Waals surface area contributed by atoms with Gasteiger partial charge in [-0.05, 0) is 48.9 Å². The van der Waals surface area contributed by atoms with E-state index in [0.29, 0.717) is 6.42 Å². The van der Waals surface area contributed by atoms with Gasteiger partial charge in [-0.3, -0.25) is 0 Å². The molecule has 0 bridgehead atoms. The van der Waals surface area contributed by atoms with Crippen LogP contribution in [-0.2, 0) is 6.42 Å². The molecule has 1 atom stereocenters. The molecule has 1 fully saturated rings. The van der Waals surface area contributed by atoms with Crippen LogP contribution < -0.4 is 10.6 Å². The number of nitriles is 1. The molecule has 1 aliphatic heterocycles. The number of rotatable bonds is 2. The Balaban J connectivity index is 2.17. The lowest BCUT2D eigenvalue weighted by Gasteiger charge is -2.23. The normalized spacial score (nSPS) is 20.2. The van der Waals surface area contributed by atoms with E-state index < -0.39 is 0 Å². The zero-order valence-electron chi connectivity index (χ0n) is 11.0. The molecule has 3 heteroatoms. The van der Waals surface area contributed by atoms with Crippen molar-refractivity contribution in [2.24, 2.45) is 5.92 Å². The maximum Gasteiger partial charge on any atom is 0.0670 e. The van der Waals surface area contributed by atoms with Crippen LogP contribution in [0.15, 0.2) is 18.2 Å². The highest BCUT2D eigenvalue weighted by molar-refractivity contribution is 5.59. The highest BCUT2D eigenvalue weighted by Gasteiger charge is 2.14. The number of anilines is 2. The molecule has 1 saturated heterocycles. The fourth-order valence-corrected chi connectivity index (χ4v) is 2.55. The van der Waals surface area contributed by atoms with Gasteiger partial charge in [-0.15, -0.1) is 0 Å². The number of benzene rings is 1. The number of hydrogen-bond donors (Lipinski definition) is 1. The van der Waals surface area contributed by atoms with Crippen LogP contribution in [0.25, 0.3) is 0 Å². The van der Waals surface area contributed by atoms with E-state index >= 15 is 0 Å². The third-order valence-corrected chi connectivity index (χ3v) is 3.78. The van der Waals surface area contributed by atoms with E-state index in [1.54, 1.807) is 0 Å². The molecule has 1 unspecified atom stereocenters. The molecule has 1 heterocycles. The van der Waals surface area contributed by atoms with Crippen LogP contribution in [0.1, 0.15) is 31.7 Å². The van der Waals surface area contributed by atoms with E-state index in [1.165, 1.54) is 24.9 Å². The molecule has 2 rings (SSSR count). The molecule has 0 saturated carbocycles. The van der Waals surface area contributed by atoms with E-state index in [9.17, 15) is 0 Å². The summed E-state index contributed by atoms with van der Waals surface area (Å²) in [6.45, 7) is 4.55. The molecule has 0 amide bonds. The minimum Gasteiger partial charge on any atom is -0.398 e. The second kappa shape index (κ2) is 5.77. The quantitative estimate of drug-likeness (QED) is 0.812. The first-order valence-corrected chi connectivity index (χ1v) is 6.71. The molecular formula is C15H21N3. The topological polar surface area (TPSA) is 53.0 Å². The van der Waals surface area contributed by atoms with E-state index in [0.717, 1.165) is 30.3 Å². The summed E-state index contributed by atoms with van der Waals surface area (Å²) < 4.78 is 0. The minimum atomic E-state index is 0.393. The molecule has 18 heavy (non-hydrogen) atoms. The van der Waals surface area contributed by atoms with Gasteiger partial charge < -0.3 is 10.6 Å². The molecule has 2 N–H and O–H groups in total. The van der Waals surface area contributed by atoms with Crippen molar-refractivity contribution in [1.29, 1.82) is 5.26 Å². The summed E-state index contributed by atoms with van der Waals surface area (Å²) in [5.74, 6) is 0.822. The highest BCUT2D eigenvalue weighted by Crippen LogP contribution is 2.25. The van der Waals surface area contributed by atoms with Gasteiger partial charge in [0, 0.05) is 24.5 Å². The van der Waals surface area contributed by atoms with Crippen molar-refractivity contribution in [3.05, 3.63) is 23.8 Å². The fourth-order valence-electron chi connectivity index (χ4n) is 2.55. The summed E-state index contributed by atoms with van der Waals surface area (Å²) in [5.41, 5.74) is 8.78. The van der Waals surface area contributed by atoms with Gasteiger partial charge in [0.2, 0.25) is 0 Å². The van der Waals surface area contributed by atoms with Crippen LogP contribution in [0.2, 0.25) is 0 Å². The molecule has 3 nitrogen and oxygen atoms in total. The summed E-state index contributed by atoms with van der Waals surface area (Å²) >= 11 is 0. The zero-order valence-corrected chi connectivity index (χ0v) is 11.0. The molecule has 96 valence electrons. The largest absolute Gasteiger partial charge is 0.398 e. The van der Waals surface area contributed by atoms with E-state index in [4.69, 9.17) is 11.0 Å². The van der Waals surface area contributed by atoms with E-state index in [-0.39, 0.29) is 0 Å². The summed E-state index contributed by atoms with van der Waals surface area (Å²) in [7, 11) is 0. The van der Waals surface area contributed by atoms with Crippen molar-refractivity contribution in [3.8, 4) is 6.07 Å². The number of hydrogen-bond acceptors (Lipinski definition) is 3. The van der Waals surface area contributed by atoms with Crippen LogP contribution in [0.3, 0.4) is 0 Å². The molecule has 1 aromatic rings. The Bertz CT molecular complexity index is 448. The molecule has 0 aromatic heterocycles. The summed E-state index contributed by atoms with van der Waals surface area (Å²) in [5, 5.41) is 8.81. The average Bonchev–Trinajstić information content (AvgIpc) is 2.57. The SMILES string of the molecule is CC1CCCN(c2ccc(N)c(CC#N)c2)CC1. The van der Waals surface area contributed by atoms with Crippen LogP contribution in [-0.4, -0.2) is 13.1 Å². The Labute approximate surface area is 109 Å². The molecule has 0 spiro atoms. The fraction of sp³-hybridized carbons (Fsp3) is 0.533. The maximum absolute atomic E-state index is 8.81. The Hall–Kier alpha value is -1.69. The average molecular weight is 243 g/mol. The van der Waals surface area contributed by atoms with Crippen molar-refractivity contribution in [3.63, 3.8) is 0 Å². The zero-order chi connectivity index (χ0) is 13.0. The lowest BCUT2D eigenvalue weighted by atomic mass is 10.0. The Morgan fingerprint density at radius 3 is 3.00 bits per heavy atom. The Morgan fingerprint density at radius 2 is 2.22 bits per heavy atom. The molecule has 0 aliphatic carbocycles. The number of nitrogen functional groups attached to an aromatic ring is 1. The van der Waals surface area contributed by atoms with Gasteiger partial charge >= 0.3 is 0 Å². The second-order valence-electron chi connectivity index (χ2n) is 5.24. The van der Waals surface area contributed by atoms with Gasteiger partial charge in [0.15, 0.2) is 0 Å². The van der Waals surface area contributed by atoms with Crippen molar-refractivity contribution in [1.82, 2.24) is 0 Å². The van der Waals surface area contributed by atoms with Gasteiger partial charge in [0.1, 0.15) is 0 Å². The lowest BCUT2D eigenvalue weighted by molar-refractivity contribution is 0.521. The predicted octanol–water partition coefficient (Wildman–Crippen LogP) is 2.96. The third-order valence-electron chi connectivity index (χ3n) is 3.78.